The number of nitrogens with one attached hydrogen (secondary N) is 2. The van der Waals surface area contributed by atoms with Crippen LogP contribution in [0.1, 0.15) is 51.4 Å². The molecule has 1 aromatic carbocycles. The summed E-state index contributed by atoms with van der Waals surface area (Å²) in [6.07, 6.45) is -0.705. The van der Waals surface area contributed by atoms with Crippen LogP contribution in [0.5, 0.6) is 0 Å². The lowest BCUT2D eigenvalue weighted by molar-refractivity contribution is -0.144. The fraction of sp³-hybridized carbons (Fsp3) is 0.538. The van der Waals surface area contributed by atoms with Crippen molar-refractivity contribution in [2.45, 2.75) is 65.3 Å². The Hall–Kier alpha value is -2.82. The van der Waals surface area contributed by atoms with Crippen molar-refractivity contribution in [1.82, 2.24) is 20.5 Å². The number of aliphatic hydroxyl groups is 1. The Morgan fingerprint density at radius 1 is 1.22 bits per heavy atom. The number of amides is 3. The molecule has 3 rings (SSSR count). The number of methoxy groups -OCH3 is 1. The molecular weight excluding hydrogens is 480 g/mol. The Bertz CT molecular complexity index is 1080. The molecule has 10 heteroatoms. The van der Waals surface area contributed by atoms with E-state index in [1.165, 1.54) is 11.8 Å². The SMILES string of the molecule is COC[C@H](NC(=O)[C@@H]1C[C@@H](O)CN1C(=O)[C@@H](NC(C)=O)C(C)(C)C)c1ccc(-c2scnc2C)cc1. The molecule has 0 spiro atoms. The van der Waals surface area contributed by atoms with Gasteiger partial charge in [-0.1, -0.05) is 45.0 Å². The summed E-state index contributed by atoms with van der Waals surface area (Å²) < 4.78 is 5.37. The summed E-state index contributed by atoms with van der Waals surface area (Å²) in [6, 6.07) is 5.73. The van der Waals surface area contributed by atoms with Crippen molar-refractivity contribution in [2.75, 3.05) is 20.3 Å². The molecule has 196 valence electrons. The van der Waals surface area contributed by atoms with Crippen molar-refractivity contribution in [3.05, 3.63) is 41.0 Å². The van der Waals surface area contributed by atoms with Gasteiger partial charge < -0.3 is 25.4 Å². The number of rotatable bonds is 8. The Labute approximate surface area is 216 Å². The van der Waals surface area contributed by atoms with Crippen LogP contribution in [0.3, 0.4) is 0 Å². The average Bonchev–Trinajstić information content (AvgIpc) is 3.41. The van der Waals surface area contributed by atoms with E-state index < -0.39 is 29.6 Å². The minimum atomic E-state index is -0.857. The van der Waals surface area contributed by atoms with Crippen LogP contribution in [0.15, 0.2) is 29.8 Å². The summed E-state index contributed by atoms with van der Waals surface area (Å²) in [5, 5.41) is 16.1. The van der Waals surface area contributed by atoms with E-state index in [0.717, 1.165) is 21.7 Å². The number of hydrogen-bond donors (Lipinski definition) is 3. The van der Waals surface area contributed by atoms with Gasteiger partial charge in [-0.2, -0.15) is 0 Å². The molecule has 4 atom stereocenters. The quantitative estimate of drug-likeness (QED) is 0.496. The van der Waals surface area contributed by atoms with Gasteiger partial charge >= 0.3 is 0 Å². The number of thiazole rings is 1. The van der Waals surface area contributed by atoms with Crippen LogP contribution >= 0.6 is 11.3 Å². The largest absolute Gasteiger partial charge is 0.391 e. The molecular formula is C26H36N4O5S. The standard InChI is InChI=1S/C26H36N4O5S/c1-15-22(36-14-27-15)18-9-7-17(8-10-18)20(13-35-6)29-24(33)21-11-19(32)12-30(21)25(34)23(26(3,4)5)28-16(2)31/h7-10,14,19-21,23,32H,11-13H2,1-6H3,(H,28,31)(H,29,33)/t19-,20+,21+,23-/m1/s1. The van der Waals surface area contributed by atoms with Gasteiger partial charge in [0.1, 0.15) is 12.1 Å². The highest BCUT2D eigenvalue weighted by Crippen LogP contribution is 2.29. The summed E-state index contributed by atoms with van der Waals surface area (Å²) in [6.45, 7) is 9.13. The van der Waals surface area contributed by atoms with E-state index in [1.54, 1.807) is 18.4 Å². The topological polar surface area (TPSA) is 121 Å². The zero-order valence-corrected chi connectivity index (χ0v) is 22.5. The third-order valence-electron chi connectivity index (χ3n) is 6.30. The molecule has 0 radical (unpaired) electrons. The van der Waals surface area contributed by atoms with E-state index in [1.807, 2.05) is 57.5 Å². The first-order valence-corrected chi connectivity index (χ1v) is 12.9. The molecule has 3 N–H and O–H groups in total. The second-order valence-corrected chi connectivity index (χ2v) is 11.2. The van der Waals surface area contributed by atoms with Crippen LogP contribution < -0.4 is 10.6 Å². The molecule has 0 saturated carbocycles. The summed E-state index contributed by atoms with van der Waals surface area (Å²) >= 11 is 1.57. The molecule has 36 heavy (non-hydrogen) atoms. The van der Waals surface area contributed by atoms with Gasteiger partial charge in [-0.3, -0.25) is 14.4 Å². The van der Waals surface area contributed by atoms with Crippen LogP contribution in [-0.4, -0.2) is 71.2 Å². The minimum Gasteiger partial charge on any atom is -0.391 e. The summed E-state index contributed by atoms with van der Waals surface area (Å²) in [4.78, 5) is 45.4. The number of likely N-dealkylation sites (tertiary alicyclic amines) is 1. The maximum Gasteiger partial charge on any atom is 0.246 e. The first-order chi connectivity index (χ1) is 16.9. The number of benzene rings is 1. The third-order valence-corrected chi connectivity index (χ3v) is 7.27. The van der Waals surface area contributed by atoms with Gasteiger partial charge in [0, 0.05) is 27.0 Å². The Balaban J connectivity index is 1.79. The number of carbonyl (C=O) groups excluding carboxylic acids is 3. The van der Waals surface area contributed by atoms with Gasteiger partial charge in [0.05, 0.1) is 34.8 Å². The van der Waals surface area contributed by atoms with Crippen LogP contribution in [-0.2, 0) is 19.1 Å². The number of nitrogens with zero attached hydrogens (tertiary/aromatic N) is 2. The number of carbonyl (C=O) groups is 3. The van der Waals surface area contributed by atoms with Gasteiger partial charge in [-0.15, -0.1) is 11.3 Å². The molecule has 1 aliphatic rings. The Kier molecular flexibility index (Phi) is 8.86. The van der Waals surface area contributed by atoms with Crippen molar-refractivity contribution in [1.29, 1.82) is 0 Å². The van der Waals surface area contributed by atoms with Crippen LogP contribution in [0.2, 0.25) is 0 Å². The lowest BCUT2D eigenvalue weighted by atomic mass is 9.85. The highest BCUT2D eigenvalue weighted by molar-refractivity contribution is 7.13. The van der Waals surface area contributed by atoms with E-state index >= 15 is 0 Å². The van der Waals surface area contributed by atoms with Crippen molar-refractivity contribution >= 4 is 29.1 Å². The minimum absolute atomic E-state index is 0.0287. The molecule has 1 aliphatic heterocycles. The molecule has 0 bridgehead atoms. The molecule has 1 aromatic heterocycles. The van der Waals surface area contributed by atoms with E-state index in [-0.39, 0.29) is 37.3 Å². The van der Waals surface area contributed by atoms with Crippen LogP contribution in [0, 0.1) is 12.3 Å². The molecule has 3 amide bonds. The van der Waals surface area contributed by atoms with Gasteiger partial charge in [0.25, 0.3) is 0 Å². The van der Waals surface area contributed by atoms with E-state index in [9.17, 15) is 19.5 Å². The number of β-amino-alcohol motifs (C(OH)–C–C–N with tert-alkyl or cyclic N) is 1. The van der Waals surface area contributed by atoms with Crippen LogP contribution in [0.25, 0.3) is 10.4 Å². The molecule has 0 unspecified atom stereocenters. The summed E-state index contributed by atoms with van der Waals surface area (Å²) in [5.74, 6) is -1.09. The fourth-order valence-electron chi connectivity index (χ4n) is 4.43. The summed E-state index contributed by atoms with van der Waals surface area (Å²) in [7, 11) is 1.56. The smallest absolute Gasteiger partial charge is 0.246 e. The number of aryl methyl sites for hydroxylation is 1. The summed E-state index contributed by atoms with van der Waals surface area (Å²) in [5.41, 5.74) is 4.10. The second kappa shape index (κ2) is 11.5. The highest BCUT2D eigenvalue weighted by Gasteiger charge is 2.44. The predicted molar refractivity (Wildman–Crippen MR) is 138 cm³/mol. The Morgan fingerprint density at radius 2 is 1.89 bits per heavy atom. The van der Waals surface area contributed by atoms with Gasteiger partial charge in [-0.05, 0) is 23.5 Å². The van der Waals surface area contributed by atoms with Gasteiger partial charge in [0.2, 0.25) is 17.7 Å². The Morgan fingerprint density at radius 3 is 2.42 bits per heavy atom. The molecule has 2 heterocycles. The van der Waals surface area contributed by atoms with Crippen molar-refractivity contribution in [2.24, 2.45) is 5.41 Å². The maximum absolute atomic E-state index is 13.4. The number of hydrogen-bond acceptors (Lipinski definition) is 7. The fourth-order valence-corrected chi connectivity index (χ4v) is 5.24. The van der Waals surface area contributed by atoms with Crippen LogP contribution in [0.4, 0.5) is 0 Å². The lowest BCUT2D eigenvalue weighted by Crippen LogP contribution is -2.57. The highest BCUT2D eigenvalue weighted by atomic mass is 32.1. The average molecular weight is 517 g/mol. The van der Waals surface area contributed by atoms with E-state index in [0.29, 0.717) is 0 Å². The first kappa shape index (κ1) is 27.8. The molecule has 0 aliphatic carbocycles. The normalized spacial score (nSPS) is 19.6. The first-order valence-electron chi connectivity index (χ1n) is 12.0. The molecule has 1 saturated heterocycles. The zero-order valence-electron chi connectivity index (χ0n) is 21.7. The number of aliphatic hydroxyl groups excluding tert-OH is 1. The lowest BCUT2D eigenvalue weighted by Gasteiger charge is -2.35. The predicted octanol–water partition coefficient (Wildman–Crippen LogP) is 2.43. The third kappa shape index (κ3) is 6.48. The van der Waals surface area contributed by atoms with Gasteiger partial charge in [0.15, 0.2) is 0 Å². The maximum atomic E-state index is 13.4. The van der Waals surface area contributed by atoms with Crippen molar-refractivity contribution in [3.63, 3.8) is 0 Å². The van der Waals surface area contributed by atoms with E-state index in [2.05, 4.69) is 15.6 Å². The molecule has 2 aromatic rings. The monoisotopic (exact) mass is 516 g/mol. The van der Waals surface area contributed by atoms with E-state index in [4.69, 9.17) is 4.74 Å². The second-order valence-electron chi connectivity index (χ2n) is 10.3. The number of aromatic nitrogens is 1. The number of ether oxygens (including phenoxy) is 1. The zero-order chi connectivity index (χ0) is 26.6. The van der Waals surface area contributed by atoms with Crippen molar-refractivity contribution < 1.29 is 24.2 Å². The van der Waals surface area contributed by atoms with Crippen molar-refractivity contribution in [3.8, 4) is 10.4 Å². The van der Waals surface area contributed by atoms with Gasteiger partial charge in [-0.25, -0.2) is 4.98 Å². The molecule has 9 nitrogen and oxygen atoms in total. The molecule has 1 fully saturated rings.